The third kappa shape index (κ3) is 6.81. The first-order chi connectivity index (χ1) is 18.5. The molecule has 5 heteroatoms. The summed E-state index contributed by atoms with van der Waals surface area (Å²) in [4.78, 5) is 25.0. The number of rotatable bonds is 10. The summed E-state index contributed by atoms with van der Waals surface area (Å²) < 4.78 is 0. The third-order valence-corrected chi connectivity index (χ3v) is 7.04. The number of carbonyl (C=O) groups excluding carboxylic acids is 1. The first-order valence-corrected chi connectivity index (χ1v) is 13.9. The number of thioether (sulfide) groups is 1. The zero-order valence-electron chi connectivity index (χ0n) is 21.6. The summed E-state index contributed by atoms with van der Waals surface area (Å²) in [6.07, 6.45) is 6.38. The van der Waals surface area contributed by atoms with Gasteiger partial charge in [0.15, 0.2) is 0 Å². The van der Waals surface area contributed by atoms with Crippen molar-refractivity contribution in [2.24, 2.45) is 0 Å². The molecule has 1 atom stereocenters. The summed E-state index contributed by atoms with van der Waals surface area (Å²) in [5.41, 5.74) is 7.54. The summed E-state index contributed by atoms with van der Waals surface area (Å²) in [5.74, 6) is -0.762. The van der Waals surface area contributed by atoms with Crippen molar-refractivity contribution in [1.29, 1.82) is 0 Å². The van der Waals surface area contributed by atoms with Crippen LogP contribution >= 0.6 is 11.8 Å². The number of carbonyl (C=O) groups is 2. The van der Waals surface area contributed by atoms with Crippen molar-refractivity contribution >= 4 is 35.8 Å². The highest BCUT2D eigenvalue weighted by atomic mass is 32.2. The smallest absolute Gasteiger partial charge is 0.326 e. The molecule has 0 saturated carbocycles. The summed E-state index contributed by atoms with van der Waals surface area (Å²) in [7, 11) is 0. The van der Waals surface area contributed by atoms with Gasteiger partial charge < -0.3 is 10.4 Å². The minimum atomic E-state index is -1.03. The van der Waals surface area contributed by atoms with Crippen molar-refractivity contribution in [2.45, 2.75) is 19.4 Å². The number of hydrogen-bond donors (Lipinski definition) is 2. The fraction of sp³-hybridized carbons (Fsp3) is 0.152. The first-order valence-electron chi connectivity index (χ1n) is 12.5. The molecule has 4 rings (SSSR count). The number of amides is 1. The number of aliphatic carboxylic acids is 1. The lowest BCUT2D eigenvalue weighted by atomic mass is 9.93. The van der Waals surface area contributed by atoms with Crippen LogP contribution in [0.2, 0.25) is 0 Å². The van der Waals surface area contributed by atoms with Gasteiger partial charge in [-0.2, -0.15) is 11.8 Å². The van der Waals surface area contributed by atoms with E-state index in [4.69, 9.17) is 0 Å². The standard InChI is InChI=1S/C33H31NO3S/c1-23-9-6-7-14-28(23)30-22-25(17-18-29(30)32(35)34-31(33(36)37)19-20-38-2)16-15-24-10-8-13-27(21-24)26-11-4-3-5-12-26/h3-18,21-22,31H,19-20H2,1-2H3,(H,34,35)(H,36,37). The lowest BCUT2D eigenvalue weighted by molar-refractivity contribution is -0.139. The van der Waals surface area contributed by atoms with E-state index in [-0.39, 0.29) is 5.91 Å². The molecule has 192 valence electrons. The molecule has 0 fully saturated rings. The molecular weight excluding hydrogens is 490 g/mol. The molecule has 0 aliphatic carbocycles. The molecule has 4 aromatic rings. The predicted molar refractivity (Wildman–Crippen MR) is 159 cm³/mol. The molecule has 0 heterocycles. The number of carboxylic acids is 1. The highest BCUT2D eigenvalue weighted by Gasteiger charge is 2.22. The molecule has 0 aromatic heterocycles. The summed E-state index contributed by atoms with van der Waals surface area (Å²) in [6, 6.07) is 31.3. The Morgan fingerprint density at radius 1 is 0.816 bits per heavy atom. The largest absolute Gasteiger partial charge is 0.480 e. The minimum Gasteiger partial charge on any atom is -0.480 e. The second-order valence-electron chi connectivity index (χ2n) is 9.09. The lowest BCUT2D eigenvalue weighted by Crippen LogP contribution is -2.41. The second kappa shape index (κ2) is 12.9. The van der Waals surface area contributed by atoms with Crippen LogP contribution in [0.1, 0.15) is 33.5 Å². The van der Waals surface area contributed by atoms with Crippen molar-refractivity contribution in [1.82, 2.24) is 5.32 Å². The Labute approximate surface area is 228 Å². The molecule has 2 N–H and O–H groups in total. The Kier molecular flexibility index (Phi) is 9.17. The van der Waals surface area contributed by atoms with E-state index in [1.165, 1.54) is 0 Å². The van der Waals surface area contributed by atoms with Crippen molar-refractivity contribution < 1.29 is 14.7 Å². The summed E-state index contributed by atoms with van der Waals surface area (Å²) in [5, 5.41) is 12.3. The van der Waals surface area contributed by atoms with Crippen LogP contribution in [0.4, 0.5) is 0 Å². The van der Waals surface area contributed by atoms with Gasteiger partial charge in [-0.05, 0) is 82.5 Å². The third-order valence-electron chi connectivity index (χ3n) is 6.40. The molecule has 0 radical (unpaired) electrons. The SMILES string of the molecule is CSCCC(NC(=O)c1ccc(C=Cc2cccc(-c3ccccc3)c2)cc1-c1ccccc1C)C(=O)O. The van der Waals surface area contributed by atoms with Crippen molar-refractivity contribution in [2.75, 3.05) is 12.0 Å². The molecule has 0 saturated heterocycles. The minimum absolute atomic E-state index is 0.366. The second-order valence-corrected chi connectivity index (χ2v) is 10.1. The lowest BCUT2D eigenvalue weighted by Gasteiger charge is -2.17. The van der Waals surface area contributed by atoms with Crippen molar-refractivity contribution in [3.05, 3.63) is 119 Å². The maximum absolute atomic E-state index is 13.3. The summed E-state index contributed by atoms with van der Waals surface area (Å²) in [6.45, 7) is 2.01. The van der Waals surface area contributed by atoms with Gasteiger partial charge in [0, 0.05) is 5.56 Å². The van der Waals surface area contributed by atoms with Crippen molar-refractivity contribution in [3.8, 4) is 22.3 Å². The van der Waals surface area contributed by atoms with E-state index >= 15 is 0 Å². The Morgan fingerprint density at radius 2 is 1.50 bits per heavy atom. The van der Waals surface area contributed by atoms with Gasteiger partial charge in [-0.25, -0.2) is 4.79 Å². The van der Waals surface area contributed by atoms with Crippen molar-refractivity contribution in [3.63, 3.8) is 0 Å². The topological polar surface area (TPSA) is 66.4 Å². The fourth-order valence-corrected chi connectivity index (χ4v) is 4.81. The van der Waals surface area contributed by atoms with Gasteiger partial charge in [0.25, 0.3) is 5.91 Å². The van der Waals surface area contributed by atoms with Gasteiger partial charge in [0.1, 0.15) is 6.04 Å². The molecule has 4 aromatic carbocycles. The number of aryl methyl sites for hydroxylation is 1. The average molecular weight is 522 g/mol. The van der Waals surface area contributed by atoms with Crippen LogP contribution in [-0.4, -0.2) is 35.0 Å². The maximum Gasteiger partial charge on any atom is 0.326 e. The Morgan fingerprint density at radius 3 is 2.21 bits per heavy atom. The monoisotopic (exact) mass is 521 g/mol. The first kappa shape index (κ1) is 27.0. The number of benzene rings is 4. The quantitative estimate of drug-likeness (QED) is 0.213. The zero-order chi connectivity index (χ0) is 26.9. The van der Waals surface area contributed by atoms with Crippen LogP contribution in [0.3, 0.4) is 0 Å². The van der Waals surface area contributed by atoms with Crippen LogP contribution in [0, 0.1) is 6.92 Å². The van der Waals surface area contributed by atoms with Gasteiger partial charge in [-0.1, -0.05) is 91.0 Å². The van der Waals surface area contributed by atoms with Gasteiger partial charge in [0.05, 0.1) is 0 Å². The molecular formula is C33H31NO3S. The average Bonchev–Trinajstić information content (AvgIpc) is 2.94. The van der Waals surface area contributed by atoms with E-state index in [1.807, 2.05) is 79.9 Å². The molecule has 0 bridgehead atoms. The van der Waals surface area contributed by atoms with Crippen LogP contribution in [0.5, 0.6) is 0 Å². The molecule has 0 aliphatic rings. The molecule has 1 unspecified atom stereocenters. The van der Waals surface area contributed by atoms with Gasteiger partial charge in [-0.3, -0.25) is 4.79 Å². The fourth-order valence-electron chi connectivity index (χ4n) is 4.34. The maximum atomic E-state index is 13.3. The Hall–Kier alpha value is -4.09. The van der Waals surface area contributed by atoms with Crippen LogP contribution in [0.15, 0.2) is 97.1 Å². The van der Waals surface area contributed by atoms with Gasteiger partial charge in [-0.15, -0.1) is 0 Å². The molecule has 1 amide bonds. The highest BCUT2D eigenvalue weighted by molar-refractivity contribution is 7.98. The summed E-state index contributed by atoms with van der Waals surface area (Å²) >= 11 is 1.56. The van der Waals surface area contributed by atoms with E-state index in [2.05, 4.69) is 41.7 Å². The number of nitrogens with one attached hydrogen (secondary N) is 1. The Balaban J connectivity index is 1.66. The van der Waals surface area contributed by atoms with E-state index in [0.717, 1.165) is 38.9 Å². The zero-order valence-corrected chi connectivity index (χ0v) is 22.4. The molecule has 4 nitrogen and oxygen atoms in total. The Bertz CT molecular complexity index is 1450. The van der Waals surface area contributed by atoms with Crippen LogP contribution in [-0.2, 0) is 4.79 Å². The van der Waals surface area contributed by atoms with Gasteiger partial charge in [0.2, 0.25) is 0 Å². The molecule has 38 heavy (non-hydrogen) atoms. The molecule has 0 aliphatic heterocycles. The van der Waals surface area contributed by atoms with E-state index in [0.29, 0.717) is 17.7 Å². The van der Waals surface area contributed by atoms with Crippen LogP contribution in [0.25, 0.3) is 34.4 Å². The van der Waals surface area contributed by atoms with E-state index in [1.54, 1.807) is 17.8 Å². The van der Waals surface area contributed by atoms with E-state index < -0.39 is 12.0 Å². The van der Waals surface area contributed by atoms with Gasteiger partial charge >= 0.3 is 5.97 Å². The normalized spacial score (nSPS) is 11.8. The van der Waals surface area contributed by atoms with E-state index in [9.17, 15) is 14.7 Å². The highest BCUT2D eigenvalue weighted by Crippen LogP contribution is 2.29. The van der Waals surface area contributed by atoms with Crippen LogP contribution < -0.4 is 5.32 Å². The number of carboxylic acid groups (broad SMARTS) is 1. The predicted octanol–water partition coefficient (Wildman–Crippen LogP) is 7.44. The molecule has 0 spiro atoms. The number of hydrogen-bond acceptors (Lipinski definition) is 3.